The van der Waals surface area contributed by atoms with Gasteiger partial charge in [-0.2, -0.15) is 4.31 Å². The Morgan fingerprint density at radius 3 is 2.70 bits per heavy atom. The number of hydrogen-bond acceptors (Lipinski definition) is 6. The summed E-state index contributed by atoms with van der Waals surface area (Å²) in [4.78, 5) is 10.2. The first-order valence-corrected chi connectivity index (χ1v) is 7.44. The van der Waals surface area contributed by atoms with Crippen LogP contribution in [-0.4, -0.2) is 49.0 Å². The normalized spacial score (nSPS) is 20.0. The van der Waals surface area contributed by atoms with Crippen molar-refractivity contribution in [3.05, 3.63) is 28.3 Å². The molecule has 0 radical (unpaired) electrons. The highest BCUT2D eigenvalue weighted by molar-refractivity contribution is 7.89. The highest BCUT2D eigenvalue weighted by Gasteiger charge is 2.32. The zero-order valence-electron chi connectivity index (χ0n) is 10.8. The zero-order valence-corrected chi connectivity index (χ0v) is 11.6. The third-order valence-electron chi connectivity index (χ3n) is 3.20. The molecule has 110 valence electrons. The van der Waals surface area contributed by atoms with E-state index in [2.05, 4.69) is 5.32 Å². The van der Waals surface area contributed by atoms with Gasteiger partial charge in [0.2, 0.25) is 10.0 Å². The Bertz CT molecular complexity index is 631. The Kier molecular flexibility index (Phi) is 3.93. The molecule has 0 aliphatic carbocycles. The molecule has 9 heteroatoms. The number of hydrogen-bond donors (Lipinski definition) is 2. The highest BCUT2D eigenvalue weighted by atomic mass is 32.2. The maximum absolute atomic E-state index is 12.3. The number of nitro groups is 1. The van der Waals surface area contributed by atoms with Gasteiger partial charge >= 0.3 is 0 Å². The largest absolute Gasteiger partial charge is 0.392 e. The summed E-state index contributed by atoms with van der Waals surface area (Å²) in [5.74, 6) is 0. The molecule has 0 aromatic heterocycles. The van der Waals surface area contributed by atoms with E-state index in [0.717, 1.165) is 6.07 Å². The van der Waals surface area contributed by atoms with Gasteiger partial charge in [0.25, 0.3) is 5.69 Å². The van der Waals surface area contributed by atoms with Gasteiger partial charge in [0.15, 0.2) is 0 Å². The Hall–Kier alpha value is -1.71. The molecule has 2 N–H and O–H groups in total. The molecule has 1 saturated heterocycles. The lowest BCUT2D eigenvalue weighted by Crippen LogP contribution is -2.29. The molecule has 0 spiro atoms. The van der Waals surface area contributed by atoms with Crippen LogP contribution < -0.4 is 5.32 Å². The predicted octanol–water partition coefficient (Wildman–Crippen LogP) is 0.392. The van der Waals surface area contributed by atoms with Gasteiger partial charge in [-0.05, 0) is 18.6 Å². The fourth-order valence-electron chi connectivity index (χ4n) is 2.11. The van der Waals surface area contributed by atoms with E-state index in [0.29, 0.717) is 6.42 Å². The summed E-state index contributed by atoms with van der Waals surface area (Å²) in [6.07, 6.45) is -0.267. The van der Waals surface area contributed by atoms with Crippen LogP contribution in [0, 0.1) is 10.1 Å². The number of anilines is 1. The molecule has 1 aliphatic heterocycles. The number of aliphatic hydroxyl groups is 1. The third-order valence-corrected chi connectivity index (χ3v) is 5.06. The van der Waals surface area contributed by atoms with Gasteiger partial charge in [-0.15, -0.1) is 0 Å². The van der Waals surface area contributed by atoms with Crippen LogP contribution >= 0.6 is 0 Å². The Morgan fingerprint density at radius 1 is 1.50 bits per heavy atom. The summed E-state index contributed by atoms with van der Waals surface area (Å²) in [5.41, 5.74) is -0.0521. The van der Waals surface area contributed by atoms with E-state index >= 15 is 0 Å². The molecule has 1 aromatic carbocycles. The number of rotatable bonds is 4. The summed E-state index contributed by atoms with van der Waals surface area (Å²) in [6.45, 7) is 0.295. The second-order valence-corrected chi connectivity index (χ2v) is 6.43. The van der Waals surface area contributed by atoms with Crippen LogP contribution in [0.25, 0.3) is 0 Å². The molecule has 8 nitrogen and oxygen atoms in total. The lowest BCUT2D eigenvalue weighted by molar-refractivity contribution is -0.384. The van der Waals surface area contributed by atoms with Crippen molar-refractivity contribution in [2.75, 3.05) is 25.5 Å². The summed E-state index contributed by atoms with van der Waals surface area (Å²) < 4.78 is 25.9. The topological polar surface area (TPSA) is 113 Å². The predicted molar refractivity (Wildman–Crippen MR) is 72.0 cm³/mol. The van der Waals surface area contributed by atoms with E-state index in [1.807, 2.05) is 0 Å². The van der Waals surface area contributed by atoms with Crippen molar-refractivity contribution in [3.63, 3.8) is 0 Å². The van der Waals surface area contributed by atoms with Gasteiger partial charge in [0.05, 0.1) is 15.9 Å². The second kappa shape index (κ2) is 5.35. The lowest BCUT2D eigenvalue weighted by atomic mass is 10.3. The Morgan fingerprint density at radius 2 is 2.20 bits per heavy atom. The van der Waals surface area contributed by atoms with Gasteiger partial charge in [-0.3, -0.25) is 10.1 Å². The first-order valence-electron chi connectivity index (χ1n) is 6.00. The molecule has 1 unspecified atom stereocenters. The molecule has 1 aromatic rings. The molecule has 1 fully saturated rings. The first kappa shape index (κ1) is 14.7. The van der Waals surface area contributed by atoms with Gasteiger partial charge in [-0.25, -0.2) is 8.42 Å². The van der Waals surface area contributed by atoms with Gasteiger partial charge in [-0.1, -0.05) is 0 Å². The second-order valence-electron chi connectivity index (χ2n) is 4.49. The number of nitrogens with zero attached hydrogens (tertiary/aromatic N) is 2. The molecule has 0 bridgehead atoms. The van der Waals surface area contributed by atoms with Crippen LogP contribution in [0.15, 0.2) is 23.1 Å². The summed E-state index contributed by atoms with van der Waals surface area (Å²) in [5, 5.41) is 22.8. The zero-order chi connectivity index (χ0) is 14.9. The fourth-order valence-corrected chi connectivity index (χ4v) is 3.63. The van der Waals surface area contributed by atoms with E-state index in [1.54, 1.807) is 0 Å². The number of β-amino-alcohol motifs (C(OH)–C–C–N with tert-alkyl or cyclic N) is 1. The Balaban J connectivity index is 2.40. The van der Waals surface area contributed by atoms with Gasteiger partial charge in [0, 0.05) is 26.2 Å². The monoisotopic (exact) mass is 301 g/mol. The number of sulfonamides is 1. The minimum Gasteiger partial charge on any atom is -0.392 e. The molecule has 1 heterocycles. The average molecular weight is 301 g/mol. The van der Waals surface area contributed by atoms with Crippen molar-refractivity contribution in [3.8, 4) is 0 Å². The SMILES string of the molecule is CNc1cc(S(=O)(=O)N2CCC(O)C2)ccc1[N+](=O)[O-]. The van der Waals surface area contributed by atoms with Gasteiger partial charge < -0.3 is 10.4 Å². The number of benzene rings is 1. The summed E-state index contributed by atoms with van der Waals surface area (Å²) in [7, 11) is -2.25. The van der Waals surface area contributed by atoms with E-state index in [1.165, 1.54) is 23.5 Å². The van der Waals surface area contributed by atoms with Crippen LogP contribution in [0.5, 0.6) is 0 Å². The van der Waals surface area contributed by atoms with Gasteiger partial charge in [0.1, 0.15) is 5.69 Å². The molecule has 20 heavy (non-hydrogen) atoms. The standard InChI is InChI=1S/C11H15N3O5S/c1-12-10-6-9(2-3-11(10)14(16)17)20(18,19)13-5-4-8(15)7-13/h2-3,6,8,12,15H,4-5,7H2,1H3. The molecule has 0 amide bonds. The van der Waals surface area contributed by atoms with E-state index < -0.39 is 21.1 Å². The van der Waals surface area contributed by atoms with Crippen LogP contribution in [0.1, 0.15) is 6.42 Å². The van der Waals surface area contributed by atoms with Crippen molar-refractivity contribution in [2.45, 2.75) is 17.4 Å². The maximum Gasteiger partial charge on any atom is 0.292 e. The van der Waals surface area contributed by atoms with Crippen molar-refractivity contribution >= 4 is 21.4 Å². The molecule has 1 aliphatic rings. The van der Waals surface area contributed by atoms with E-state index in [9.17, 15) is 23.6 Å². The third kappa shape index (κ3) is 2.60. The van der Waals surface area contributed by atoms with Crippen molar-refractivity contribution < 1.29 is 18.4 Å². The minimum absolute atomic E-state index is 0.0263. The first-order chi connectivity index (χ1) is 9.36. The average Bonchev–Trinajstić information content (AvgIpc) is 2.85. The Labute approximate surface area is 116 Å². The fraction of sp³-hybridized carbons (Fsp3) is 0.455. The molecule has 1 atom stereocenters. The number of aliphatic hydroxyl groups excluding tert-OH is 1. The molecular formula is C11H15N3O5S. The summed E-state index contributed by atoms with van der Waals surface area (Å²) >= 11 is 0. The van der Waals surface area contributed by atoms with E-state index in [4.69, 9.17) is 0 Å². The van der Waals surface area contributed by atoms with E-state index in [-0.39, 0.29) is 29.4 Å². The van der Waals surface area contributed by atoms with Crippen LogP contribution in [0.4, 0.5) is 11.4 Å². The van der Waals surface area contributed by atoms with Crippen LogP contribution in [0.3, 0.4) is 0 Å². The van der Waals surface area contributed by atoms with Crippen molar-refractivity contribution in [1.29, 1.82) is 0 Å². The highest BCUT2D eigenvalue weighted by Crippen LogP contribution is 2.29. The quantitative estimate of drug-likeness (QED) is 0.614. The number of nitrogens with one attached hydrogen (secondary N) is 1. The van der Waals surface area contributed by atoms with Crippen molar-refractivity contribution in [2.24, 2.45) is 0 Å². The minimum atomic E-state index is -3.74. The molecule has 2 rings (SSSR count). The maximum atomic E-state index is 12.3. The van der Waals surface area contributed by atoms with Crippen molar-refractivity contribution in [1.82, 2.24) is 4.31 Å². The molecule has 0 saturated carbocycles. The lowest BCUT2D eigenvalue weighted by Gasteiger charge is -2.16. The van der Waals surface area contributed by atoms with Crippen LogP contribution in [0.2, 0.25) is 0 Å². The number of nitro benzene ring substituents is 1. The smallest absolute Gasteiger partial charge is 0.292 e. The molecular weight excluding hydrogens is 286 g/mol. The summed E-state index contributed by atoms with van der Waals surface area (Å²) in [6, 6.07) is 3.60. The van der Waals surface area contributed by atoms with Crippen LogP contribution in [-0.2, 0) is 10.0 Å².